The van der Waals surface area contributed by atoms with Crippen molar-refractivity contribution in [3.05, 3.63) is 35.9 Å². The maximum absolute atomic E-state index is 13.3. The van der Waals surface area contributed by atoms with Gasteiger partial charge in [0, 0.05) is 13.1 Å². The van der Waals surface area contributed by atoms with Crippen molar-refractivity contribution in [3.63, 3.8) is 0 Å². The number of carbonyl (C=O) groups is 2. The standard InChI is InChI=1S/C21H29N3O2/c1-23-13-5-8-20(17(23)18(22)25)11-14-24(15-12-20)19(26)21(9-10-21)16-6-3-2-4-7-16/h2-4,6-7,17H,5,8-15H2,1H3,(H2,22,25). The summed E-state index contributed by atoms with van der Waals surface area (Å²) in [5.74, 6) is 0.0632. The van der Waals surface area contributed by atoms with E-state index in [1.54, 1.807) is 0 Å². The number of nitrogens with zero attached hydrogens (tertiary/aromatic N) is 2. The molecule has 5 heteroatoms. The van der Waals surface area contributed by atoms with Crippen LogP contribution in [-0.2, 0) is 15.0 Å². The van der Waals surface area contributed by atoms with Crippen molar-refractivity contribution in [2.45, 2.75) is 50.0 Å². The lowest BCUT2D eigenvalue weighted by molar-refractivity contribution is -0.141. The molecule has 1 spiro atoms. The van der Waals surface area contributed by atoms with Gasteiger partial charge in [-0.2, -0.15) is 0 Å². The smallest absolute Gasteiger partial charge is 0.235 e. The van der Waals surface area contributed by atoms with Crippen LogP contribution < -0.4 is 5.73 Å². The molecule has 0 bridgehead atoms. The number of likely N-dealkylation sites (tertiary alicyclic amines) is 2. The summed E-state index contributed by atoms with van der Waals surface area (Å²) >= 11 is 0. The van der Waals surface area contributed by atoms with Crippen molar-refractivity contribution in [1.82, 2.24) is 9.80 Å². The fraction of sp³-hybridized carbons (Fsp3) is 0.619. The third-order valence-electron chi connectivity index (χ3n) is 7.01. The molecule has 2 heterocycles. The van der Waals surface area contributed by atoms with Gasteiger partial charge in [0.2, 0.25) is 11.8 Å². The van der Waals surface area contributed by atoms with Crippen LogP contribution in [0.5, 0.6) is 0 Å². The van der Waals surface area contributed by atoms with Crippen molar-refractivity contribution >= 4 is 11.8 Å². The van der Waals surface area contributed by atoms with E-state index in [2.05, 4.69) is 17.0 Å². The Balaban J connectivity index is 1.48. The van der Waals surface area contributed by atoms with Crippen LogP contribution in [0, 0.1) is 5.41 Å². The number of nitrogens with two attached hydrogens (primary N) is 1. The average molecular weight is 355 g/mol. The first kappa shape index (κ1) is 17.5. The minimum Gasteiger partial charge on any atom is -0.368 e. The molecule has 1 saturated carbocycles. The quantitative estimate of drug-likeness (QED) is 0.901. The Morgan fingerprint density at radius 2 is 1.65 bits per heavy atom. The van der Waals surface area contributed by atoms with Gasteiger partial charge in [-0.25, -0.2) is 0 Å². The van der Waals surface area contributed by atoms with Crippen molar-refractivity contribution in [2.24, 2.45) is 11.1 Å². The molecular weight excluding hydrogens is 326 g/mol. The first-order valence-corrected chi connectivity index (χ1v) is 9.83. The van der Waals surface area contributed by atoms with Gasteiger partial charge in [-0.1, -0.05) is 30.3 Å². The van der Waals surface area contributed by atoms with Crippen LogP contribution in [0.25, 0.3) is 0 Å². The monoisotopic (exact) mass is 355 g/mol. The van der Waals surface area contributed by atoms with Crippen molar-refractivity contribution in [1.29, 1.82) is 0 Å². The Morgan fingerprint density at radius 3 is 2.23 bits per heavy atom. The van der Waals surface area contributed by atoms with E-state index in [4.69, 9.17) is 5.73 Å². The lowest BCUT2D eigenvalue weighted by Crippen LogP contribution is -2.61. The second kappa shape index (κ2) is 6.38. The number of amides is 2. The number of hydrogen-bond donors (Lipinski definition) is 1. The topological polar surface area (TPSA) is 66.6 Å². The zero-order valence-electron chi connectivity index (χ0n) is 15.6. The Labute approximate surface area is 155 Å². The summed E-state index contributed by atoms with van der Waals surface area (Å²) in [6.45, 7) is 2.41. The predicted octanol–water partition coefficient (Wildman–Crippen LogP) is 1.91. The van der Waals surface area contributed by atoms with E-state index >= 15 is 0 Å². The fourth-order valence-corrected chi connectivity index (χ4v) is 5.42. The molecule has 2 saturated heterocycles. The summed E-state index contributed by atoms with van der Waals surface area (Å²) in [6, 6.07) is 9.99. The number of rotatable bonds is 3. The van der Waals surface area contributed by atoms with Gasteiger partial charge >= 0.3 is 0 Å². The maximum atomic E-state index is 13.3. The van der Waals surface area contributed by atoms with Crippen LogP contribution >= 0.6 is 0 Å². The highest BCUT2D eigenvalue weighted by Gasteiger charge is 2.55. The molecule has 4 rings (SSSR count). The van der Waals surface area contributed by atoms with Crippen molar-refractivity contribution in [3.8, 4) is 0 Å². The number of likely N-dealkylation sites (N-methyl/N-ethyl adjacent to an activating group) is 1. The Kier molecular flexibility index (Phi) is 4.30. The van der Waals surface area contributed by atoms with E-state index in [1.807, 2.05) is 30.1 Å². The summed E-state index contributed by atoms with van der Waals surface area (Å²) in [5.41, 5.74) is 6.55. The molecule has 1 aliphatic carbocycles. The molecule has 140 valence electrons. The van der Waals surface area contributed by atoms with Crippen LogP contribution in [-0.4, -0.2) is 54.3 Å². The molecule has 2 N–H and O–H groups in total. The molecule has 1 aromatic rings. The predicted molar refractivity (Wildman–Crippen MR) is 100 cm³/mol. The van der Waals surface area contributed by atoms with Gasteiger partial charge < -0.3 is 10.6 Å². The average Bonchev–Trinajstić information content (AvgIpc) is 3.44. The van der Waals surface area contributed by atoms with E-state index in [0.29, 0.717) is 0 Å². The van der Waals surface area contributed by atoms with E-state index in [-0.39, 0.29) is 28.7 Å². The molecule has 1 atom stereocenters. The molecule has 0 aromatic heterocycles. The normalized spacial score (nSPS) is 27.3. The molecular formula is C21H29N3O2. The van der Waals surface area contributed by atoms with Gasteiger partial charge in [-0.15, -0.1) is 0 Å². The molecule has 2 aliphatic heterocycles. The number of benzene rings is 1. The summed E-state index contributed by atoms with van der Waals surface area (Å²) in [7, 11) is 2.00. The molecule has 1 unspecified atom stereocenters. The van der Waals surface area contributed by atoms with Gasteiger partial charge in [0.15, 0.2) is 0 Å². The number of carbonyl (C=O) groups excluding carboxylic acids is 2. The van der Waals surface area contributed by atoms with Crippen molar-refractivity contribution < 1.29 is 9.59 Å². The van der Waals surface area contributed by atoms with Crippen LogP contribution in [0.4, 0.5) is 0 Å². The van der Waals surface area contributed by atoms with Crippen molar-refractivity contribution in [2.75, 3.05) is 26.7 Å². The summed E-state index contributed by atoms with van der Waals surface area (Å²) < 4.78 is 0. The largest absolute Gasteiger partial charge is 0.368 e. The second-order valence-corrected chi connectivity index (χ2v) is 8.49. The Bertz CT molecular complexity index is 690. The van der Waals surface area contributed by atoms with Gasteiger partial charge in [0.1, 0.15) is 0 Å². The Hall–Kier alpha value is -1.88. The highest BCUT2D eigenvalue weighted by atomic mass is 16.2. The van der Waals surface area contributed by atoms with Gasteiger partial charge in [0.25, 0.3) is 0 Å². The summed E-state index contributed by atoms with van der Waals surface area (Å²) in [6.07, 6.45) is 5.79. The zero-order chi connectivity index (χ0) is 18.4. The molecule has 26 heavy (non-hydrogen) atoms. The number of piperidine rings is 2. The van der Waals surface area contributed by atoms with Crippen LogP contribution in [0.2, 0.25) is 0 Å². The highest BCUT2D eigenvalue weighted by Crippen LogP contribution is 2.51. The van der Waals surface area contributed by atoms with Crippen LogP contribution in [0.1, 0.15) is 44.1 Å². The van der Waals surface area contributed by atoms with E-state index in [1.165, 1.54) is 0 Å². The van der Waals surface area contributed by atoms with E-state index in [9.17, 15) is 9.59 Å². The molecule has 0 radical (unpaired) electrons. The van der Waals surface area contributed by atoms with Gasteiger partial charge in [-0.3, -0.25) is 14.5 Å². The molecule has 3 fully saturated rings. The SMILES string of the molecule is CN1CCCC2(CCN(C(=O)C3(c4ccccc4)CC3)CC2)C1C(N)=O. The first-order valence-electron chi connectivity index (χ1n) is 9.83. The molecule has 3 aliphatic rings. The lowest BCUT2D eigenvalue weighted by atomic mass is 9.66. The molecule has 5 nitrogen and oxygen atoms in total. The third kappa shape index (κ3) is 2.73. The highest BCUT2D eigenvalue weighted by molar-refractivity contribution is 5.91. The minimum absolute atomic E-state index is 0.0565. The molecule has 2 amide bonds. The minimum atomic E-state index is -0.293. The van der Waals surface area contributed by atoms with E-state index in [0.717, 1.165) is 63.7 Å². The maximum Gasteiger partial charge on any atom is 0.235 e. The Morgan fingerprint density at radius 1 is 1.00 bits per heavy atom. The summed E-state index contributed by atoms with van der Waals surface area (Å²) in [5, 5.41) is 0. The van der Waals surface area contributed by atoms with Crippen LogP contribution in [0.3, 0.4) is 0 Å². The lowest BCUT2D eigenvalue weighted by Gasteiger charge is -2.51. The third-order valence-corrected chi connectivity index (χ3v) is 7.01. The van der Waals surface area contributed by atoms with Gasteiger partial charge in [0.05, 0.1) is 11.5 Å². The summed E-state index contributed by atoms with van der Waals surface area (Å²) in [4.78, 5) is 29.5. The zero-order valence-corrected chi connectivity index (χ0v) is 15.6. The van der Waals surface area contributed by atoms with Gasteiger partial charge in [-0.05, 0) is 63.1 Å². The van der Waals surface area contributed by atoms with Crippen LogP contribution in [0.15, 0.2) is 30.3 Å². The second-order valence-electron chi connectivity index (χ2n) is 8.49. The fourth-order valence-electron chi connectivity index (χ4n) is 5.42. The first-order chi connectivity index (χ1) is 12.5. The number of primary amides is 1. The molecule has 1 aromatic carbocycles. The number of hydrogen-bond acceptors (Lipinski definition) is 3. The van der Waals surface area contributed by atoms with E-state index < -0.39 is 0 Å².